The Kier molecular flexibility index (Phi) is 4.19. The van der Waals surface area contributed by atoms with Crippen molar-refractivity contribution in [2.24, 2.45) is 0 Å². The van der Waals surface area contributed by atoms with Crippen LogP contribution in [0.3, 0.4) is 0 Å². The lowest BCUT2D eigenvalue weighted by Gasteiger charge is -2.10. The van der Waals surface area contributed by atoms with Gasteiger partial charge in [0.05, 0.1) is 0 Å². The van der Waals surface area contributed by atoms with E-state index in [4.69, 9.17) is 4.74 Å². The summed E-state index contributed by atoms with van der Waals surface area (Å²) in [5.74, 6) is -0.224. The van der Waals surface area contributed by atoms with Crippen LogP contribution in [0.5, 0.6) is 5.75 Å². The minimum atomic E-state index is -0.405. The molecule has 3 aromatic rings. The highest BCUT2D eigenvalue weighted by molar-refractivity contribution is 5.92. The van der Waals surface area contributed by atoms with Crippen molar-refractivity contribution in [3.8, 4) is 5.75 Å². The Bertz CT molecular complexity index is 865. The van der Waals surface area contributed by atoms with Crippen LogP contribution in [-0.4, -0.2) is 17.5 Å². The Morgan fingerprint density at radius 3 is 2.83 bits per heavy atom. The third-order valence-corrected chi connectivity index (χ3v) is 3.29. The highest BCUT2D eigenvalue weighted by atomic mass is 19.1. The van der Waals surface area contributed by atoms with Crippen LogP contribution >= 0.6 is 0 Å². The summed E-state index contributed by atoms with van der Waals surface area (Å²) in [6, 6.07) is 15.1. The summed E-state index contributed by atoms with van der Waals surface area (Å²) < 4.78 is 18.7. The van der Waals surface area contributed by atoms with Gasteiger partial charge >= 0.3 is 0 Å². The SMILES string of the molecule is Cc1ccc2cccc(OCC(=O)Nc3cccc(F)c3)c2n1. The molecule has 3 rings (SSSR count). The molecule has 5 heteroatoms. The first-order chi connectivity index (χ1) is 11.1. The lowest BCUT2D eigenvalue weighted by molar-refractivity contribution is -0.118. The van der Waals surface area contributed by atoms with Gasteiger partial charge in [0.25, 0.3) is 5.91 Å². The molecule has 0 aliphatic carbocycles. The number of hydrogen-bond donors (Lipinski definition) is 1. The fourth-order valence-corrected chi connectivity index (χ4v) is 2.24. The molecular formula is C18H15FN2O2. The van der Waals surface area contributed by atoms with E-state index in [-0.39, 0.29) is 12.5 Å². The first kappa shape index (κ1) is 15.0. The zero-order chi connectivity index (χ0) is 16.2. The fourth-order valence-electron chi connectivity index (χ4n) is 2.24. The summed E-state index contributed by atoms with van der Waals surface area (Å²) in [4.78, 5) is 16.4. The molecule has 0 aliphatic heterocycles. The summed E-state index contributed by atoms with van der Waals surface area (Å²) in [6.07, 6.45) is 0. The minimum Gasteiger partial charge on any atom is -0.481 e. The molecule has 1 aromatic heterocycles. The van der Waals surface area contributed by atoms with Gasteiger partial charge in [-0.25, -0.2) is 9.37 Å². The van der Waals surface area contributed by atoms with E-state index >= 15 is 0 Å². The molecule has 0 saturated heterocycles. The maximum absolute atomic E-state index is 13.1. The van der Waals surface area contributed by atoms with E-state index < -0.39 is 5.82 Å². The molecule has 4 nitrogen and oxygen atoms in total. The normalized spacial score (nSPS) is 10.5. The molecule has 1 amide bonds. The predicted octanol–water partition coefficient (Wildman–Crippen LogP) is 3.70. The first-order valence-corrected chi connectivity index (χ1v) is 7.16. The Morgan fingerprint density at radius 2 is 2.00 bits per heavy atom. The Balaban J connectivity index is 1.71. The molecule has 0 aliphatic rings. The highest BCUT2D eigenvalue weighted by Crippen LogP contribution is 2.23. The Morgan fingerprint density at radius 1 is 1.17 bits per heavy atom. The van der Waals surface area contributed by atoms with Crippen LogP contribution in [0.4, 0.5) is 10.1 Å². The van der Waals surface area contributed by atoms with E-state index in [1.807, 2.05) is 31.2 Å². The number of aromatic nitrogens is 1. The maximum atomic E-state index is 13.1. The molecule has 116 valence electrons. The van der Waals surface area contributed by atoms with Crippen LogP contribution in [0.1, 0.15) is 5.69 Å². The number of nitrogens with zero attached hydrogens (tertiary/aromatic N) is 1. The van der Waals surface area contributed by atoms with Gasteiger partial charge in [-0.3, -0.25) is 4.79 Å². The molecule has 23 heavy (non-hydrogen) atoms. The Labute approximate surface area is 132 Å². The second-order valence-corrected chi connectivity index (χ2v) is 5.13. The van der Waals surface area contributed by atoms with Crippen molar-refractivity contribution in [3.63, 3.8) is 0 Å². The molecule has 0 unspecified atom stereocenters. The van der Waals surface area contributed by atoms with Crippen molar-refractivity contribution in [1.29, 1.82) is 0 Å². The lowest BCUT2D eigenvalue weighted by atomic mass is 10.2. The number of halogens is 1. The van der Waals surface area contributed by atoms with Gasteiger partial charge in [0.2, 0.25) is 0 Å². The quantitative estimate of drug-likeness (QED) is 0.799. The molecule has 0 saturated carbocycles. The van der Waals surface area contributed by atoms with Crippen molar-refractivity contribution in [1.82, 2.24) is 4.98 Å². The molecule has 2 aromatic carbocycles. The van der Waals surface area contributed by atoms with Crippen LogP contribution in [0.2, 0.25) is 0 Å². The van der Waals surface area contributed by atoms with E-state index in [0.29, 0.717) is 17.0 Å². The van der Waals surface area contributed by atoms with E-state index in [2.05, 4.69) is 10.3 Å². The number of fused-ring (bicyclic) bond motifs is 1. The number of aryl methyl sites for hydroxylation is 1. The van der Waals surface area contributed by atoms with Crippen molar-refractivity contribution < 1.29 is 13.9 Å². The van der Waals surface area contributed by atoms with Gasteiger partial charge in [-0.05, 0) is 37.3 Å². The summed E-state index contributed by atoms with van der Waals surface area (Å²) in [5, 5.41) is 3.53. The summed E-state index contributed by atoms with van der Waals surface area (Å²) in [7, 11) is 0. The number of anilines is 1. The minimum absolute atomic E-state index is 0.175. The smallest absolute Gasteiger partial charge is 0.262 e. The topological polar surface area (TPSA) is 51.2 Å². The Hall–Kier alpha value is -2.95. The number of hydrogen-bond acceptors (Lipinski definition) is 3. The molecule has 0 fully saturated rings. The number of para-hydroxylation sites is 1. The fraction of sp³-hybridized carbons (Fsp3) is 0.111. The van der Waals surface area contributed by atoms with Gasteiger partial charge in [-0.15, -0.1) is 0 Å². The largest absolute Gasteiger partial charge is 0.481 e. The van der Waals surface area contributed by atoms with Crippen LogP contribution in [0.25, 0.3) is 10.9 Å². The number of carbonyl (C=O) groups excluding carboxylic acids is 1. The average molecular weight is 310 g/mol. The number of rotatable bonds is 4. The molecule has 0 atom stereocenters. The van der Waals surface area contributed by atoms with Gasteiger partial charge in [0.15, 0.2) is 6.61 Å². The molecular weight excluding hydrogens is 295 g/mol. The molecule has 0 bridgehead atoms. The van der Waals surface area contributed by atoms with Gasteiger partial charge in [-0.1, -0.05) is 24.3 Å². The van der Waals surface area contributed by atoms with Gasteiger partial charge in [0.1, 0.15) is 17.1 Å². The molecule has 0 spiro atoms. The highest BCUT2D eigenvalue weighted by Gasteiger charge is 2.08. The summed E-state index contributed by atoms with van der Waals surface area (Å²) in [5.41, 5.74) is 1.98. The lowest BCUT2D eigenvalue weighted by Crippen LogP contribution is -2.20. The van der Waals surface area contributed by atoms with Crippen molar-refractivity contribution in [2.45, 2.75) is 6.92 Å². The molecule has 1 heterocycles. The number of pyridine rings is 1. The van der Waals surface area contributed by atoms with E-state index in [1.54, 1.807) is 12.1 Å². The van der Waals surface area contributed by atoms with Crippen LogP contribution in [0.15, 0.2) is 54.6 Å². The third-order valence-electron chi connectivity index (χ3n) is 3.29. The van der Waals surface area contributed by atoms with Gasteiger partial charge in [-0.2, -0.15) is 0 Å². The number of nitrogens with one attached hydrogen (secondary N) is 1. The summed E-state index contributed by atoms with van der Waals surface area (Å²) in [6.45, 7) is 1.72. The second kappa shape index (κ2) is 6.44. The molecule has 1 N–H and O–H groups in total. The van der Waals surface area contributed by atoms with E-state index in [1.165, 1.54) is 18.2 Å². The number of amides is 1. The monoisotopic (exact) mass is 310 g/mol. The zero-order valence-electron chi connectivity index (χ0n) is 12.5. The van der Waals surface area contributed by atoms with Crippen molar-refractivity contribution in [3.05, 3.63) is 66.1 Å². The third kappa shape index (κ3) is 3.63. The standard InChI is InChI=1S/C18H15FN2O2/c1-12-8-9-13-4-2-7-16(18(13)20-12)23-11-17(22)21-15-6-3-5-14(19)10-15/h2-10H,11H2,1H3,(H,21,22). The maximum Gasteiger partial charge on any atom is 0.262 e. The second-order valence-electron chi connectivity index (χ2n) is 5.13. The van der Waals surface area contributed by atoms with Gasteiger partial charge in [0, 0.05) is 16.8 Å². The zero-order valence-corrected chi connectivity index (χ0v) is 12.5. The number of benzene rings is 2. The van der Waals surface area contributed by atoms with Crippen molar-refractivity contribution in [2.75, 3.05) is 11.9 Å². The van der Waals surface area contributed by atoms with E-state index in [0.717, 1.165) is 11.1 Å². The summed E-state index contributed by atoms with van der Waals surface area (Å²) >= 11 is 0. The van der Waals surface area contributed by atoms with Gasteiger partial charge < -0.3 is 10.1 Å². The molecule has 0 radical (unpaired) electrons. The number of ether oxygens (including phenoxy) is 1. The van der Waals surface area contributed by atoms with E-state index in [9.17, 15) is 9.18 Å². The van der Waals surface area contributed by atoms with Crippen LogP contribution < -0.4 is 10.1 Å². The van der Waals surface area contributed by atoms with Crippen LogP contribution in [-0.2, 0) is 4.79 Å². The van der Waals surface area contributed by atoms with Crippen LogP contribution in [0, 0.1) is 12.7 Å². The predicted molar refractivity (Wildman–Crippen MR) is 87.0 cm³/mol. The first-order valence-electron chi connectivity index (χ1n) is 7.16. The average Bonchev–Trinajstić information content (AvgIpc) is 2.53. The number of carbonyl (C=O) groups is 1. The van der Waals surface area contributed by atoms with Crippen molar-refractivity contribution >= 4 is 22.5 Å².